The van der Waals surface area contributed by atoms with Crippen LogP contribution in [0.2, 0.25) is 5.02 Å². The maximum Gasteiger partial charge on any atom is 0.224 e. The second kappa shape index (κ2) is 9.20. The molecule has 5 rings (SSSR count). The first-order valence-corrected chi connectivity index (χ1v) is 12.0. The number of amides is 1. The molecule has 1 aromatic heterocycles. The fourth-order valence-electron chi connectivity index (χ4n) is 5.01. The van der Waals surface area contributed by atoms with Gasteiger partial charge in [0.25, 0.3) is 0 Å². The largest absolute Gasteiger partial charge is 0.455 e. The highest BCUT2D eigenvalue weighted by Gasteiger charge is 2.30. The third-order valence-corrected chi connectivity index (χ3v) is 7.04. The first kappa shape index (κ1) is 22.0. The molecule has 0 unspecified atom stereocenters. The van der Waals surface area contributed by atoms with Crippen molar-refractivity contribution in [2.24, 2.45) is 0 Å². The van der Waals surface area contributed by atoms with Crippen molar-refractivity contribution in [3.8, 4) is 22.6 Å². The second-order valence-electron chi connectivity index (χ2n) is 8.94. The van der Waals surface area contributed by atoms with Crippen LogP contribution in [0, 0.1) is 0 Å². The van der Waals surface area contributed by atoms with E-state index in [-0.39, 0.29) is 11.9 Å². The van der Waals surface area contributed by atoms with E-state index in [0.717, 1.165) is 66.9 Å². The SMILES string of the molecule is CC(=O)N1c2ccc(-c3cnn(C4CCNCC4)c3)c(Oc3ccccc3Cl)c2CC[C@@H]1C. The summed E-state index contributed by atoms with van der Waals surface area (Å²) >= 11 is 6.45. The van der Waals surface area contributed by atoms with E-state index < -0.39 is 0 Å². The molecule has 0 saturated carbocycles. The number of halogens is 1. The molecule has 1 fully saturated rings. The number of rotatable bonds is 4. The molecule has 7 heteroatoms. The quantitative estimate of drug-likeness (QED) is 0.545. The number of aromatic nitrogens is 2. The molecule has 1 atom stereocenters. The second-order valence-corrected chi connectivity index (χ2v) is 9.35. The van der Waals surface area contributed by atoms with E-state index in [1.807, 2.05) is 47.5 Å². The topological polar surface area (TPSA) is 59.4 Å². The third kappa shape index (κ3) is 4.25. The first-order chi connectivity index (χ1) is 16.0. The lowest BCUT2D eigenvalue weighted by Gasteiger charge is -2.36. The van der Waals surface area contributed by atoms with Crippen LogP contribution in [-0.4, -0.2) is 34.8 Å². The van der Waals surface area contributed by atoms with E-state index in [1.54, 1.807) is 6.92 Å². The maximum atomic E-state index is 12.5. The Kier molecular flexibility index (Phi) is 6.13. The lowest BCUT2D eigenvalue weighted by atomic mass is 9.92. The summed E-state index contributed by atoms with van der Waals surface area (Å²) in [5.74, 6) is 1.40. The molecule has 33 heavy (non-hydrogen) atoms. The van der Waals surface area contributed by atoms with E-state index in [2.05, 4.69) is 23.1 Å². The van der Waals surface area contributed by atoms with E-state index in [4.69, 9.17) is 21.4 Å². The molecule has 2 aliphatic heterocycles. The Morgan fingerprint density at radius 3 is 2.70 bits per heavy atom. The number of hydrogen-bond donors (Lipinski definition) is 1. The van der Waals surface area contributed by atoms with E-state index in [9.17, 15) is 4.79 Å². The number of ether oxygens (including phenoxy) is 1. The Bertz CT molecular complexity index is 1170. The van der Waals surface area contributed by atoms with Gasteiger partial charge in [0.05, 0.1) is 22.9 Å². The molecule has 0 aliphatic carbocycles. The van der Waals surface area contributed by atoms with Crippen LogP contribution < -0.4 is 15.0 Å². The van der Waals surface area contributed by atoms with Crippen molar-refractivity contribution in [3.63, 3.8) is 0 Å². The summed E-state index contributed by atoms with van der Waals surface area (Å²) in [6, 6.07) is 12.1. The van der Waals surface area contributed by atoms with Gasteiger partial charge in [-0.2, -0.15) is 5.10 Å². The number of carbonyl (C=O) groups is 1. The van der Waals surface area contributed by atoms with E-state index in [0.29, 0.717) is 16.8 Å². The standard InChI is InChI=1S/C26H29ClN4O2/c1-17-7-8-22-24(31(17)18(2)32)10-9-21(26(22)33-25-6-4-3-5-23(25)27)19-15-29-30(16-19)20-11-13-28-14-12-20/h3-6,9-10,15-17,20,28H,7-8,11-14H2,1-2H3/t17-/m0/s1. The molecule has 6 nitrogen and oxygen atoms in total. The van der Waals surface area contributed by atoms with E-state index >= 15 is 0 Å². The summed E-state index contributed by atoms with van der Waals surface area (Å²) < 4.78 is 8.58. The van der Waals surface area contributed by atoms with Gasteiger partial charge in [-0.25, -0.2) is 0 Å². The fourth-order valence-corrected chi connectivity index (χ4v) is 5.19. The Morgan fingerprint density at radius 1 is 1.15 bits per heavy atom. The van der Waals surface area contributed by atoms with Crippen molar-refractivity contribution in [1.82, 2.24) is 15.1 Å². The average Bonchev–Trinajstić information content (AvgIpc) is 3.31. The zero-order valence-corrected chi connectivity index (χ0v) is 19.8. The smallest absolute Gasteiger partial charge is 0.224 e. The fraction of sp³-hybridized carbons (Fsp3) is 0.385. The van der Waals surface area contributed by atoms with Gasteiger partial charge in [-0.1, -0.05) is 23.7 Å². The number of benzene rings is 2. The monoisotopic (exact) mass is 464 g/mol. The van der Waals surface area contributed by atoms with Crippen LogP contribution in [0.1, 0.15) is 44.7 Å². The number of nitrogens with zero attached hydrogens (tertiary/aromatic N) is 3. The summed E-state index contributed by atoms with van der Waals surface area (Å²) in [7, 11) is 0. The molecular weight excluding hydrogens is 436 g/mol. The van der Waals surface area contributed by atoms with E-state index in [1.165, 1.54) is 0 Å². The number of para-hydroxylation sites is 1. The van der Waals surface area contributed by atoms with Gasteiger partial charge >= 0.3 is 0 Å². The van der Waals surface area contributed by atoms with Gasteiger partial charge in [0.2, 0.25) is 5.91 Å². The van der Waals surface area contributed by atoms with Crippen molar-refractivity contribution in [2.45, 2.75) is 51.6 Å². The van der Waals surface area contributed by atoms with Gasteiger partial charge in [-0.15, -0.1) is 0 Å². The molecule has 2 aliphatic rings. The molecule has 3 aromatic rings. The molecule has 2 aromatic carbocycles. The van der Waals surface area contributed by atoms with Crippen molar-refractivity contribution in [2.75, 3.05) is 18.0 Å². The van der Waals surface area contributed by atoms with Gasteiger partial charge < -0.3 is 15.0 Å². The average molecular weight is 465 g/mol. The highest BCUT2D eigenvalue weighted by Crippen LogP contribution is 2.45. The van der Waals surface area contributed by atoms with Crippen LogP contribution in [0.3, 0.4) is 0 Å². The van der Waals surface area contributed by atoms with Crippen molar-refractivity contribution in [3.05, 3.63) is 59.4 Å². The normalized spacial score (nSPS) is 18.8. The molecule has 0 radical (unpaired) electrons. The highest BCUT2D eigenvalue weighted by molar-refractivity contribution is 6.32. The molecule has 3 heterocycles. The Balaban J connectivity index is 1.61. The maximum absolute atomic E-state index is 12.5. The van der Waals surface area contributed by atoms with Gasteiger partial charge in [0, 0.05) is 35.9 Å². The van der Waals surface area contributed by atoms with Crippen LogP contribution in [-0.2, 0) is 11.2 Å². The van der Waals surface area contributed by atoms with Gasteiger partial charge in [0.15, 0.2) is 0 Å². The Hall–Kier alpha value is -2.83. The molecular formula is C26H29ClN4O2. The van der Waals surface area contributed by atoms with Gasteiger partial charge in [-0.3, -0.25) is 9.48 Å². The minimum Gasteiger partial charge on any atom is -0.455 e. The van der Waals surface area contributed by atoms with Crippen LogP contribution in [0.25, 0.3) is 11.1 Å². The molecule has 1 N–H and O–H groups in total. The zero-order valence-electron chi connectivity index (χ0n) is 19.1. The minimum atomic E-state index is 0.0404. The lowest BCUT2D eigenvalue weighted by molar-refractivity contribution is -0.117. The molecule has 0 spiro atoms. The van der Waals surface area contributed by atoms with Crippen LogP contribution >= 0.6 is 11.6 Å². The molecule has 0 bridgehead atoms. The zero-order chi connectivity index (χ0) is 22.9. The number of carbonyl (C=O) groups excluding carboxylic acids is 1. The van der Waals surface area contributed by atoms with Crippen molar-refractivity contribution < 1.29 is 9.53 Å². The number of hydrogen-bond acceptors (Lipinski definition) is 4. The Morgan fingerprint density at radius 2 is 1.94 bits per heavy atom. The summed E-state index contributed by atoms with van der Waals surface area (Å²) in [6.07, 6.45) is 7.88. The molecule has 1 amide bonds. The number of anilines is 1. The summed E-state index contributed by atoms with van der Waals surface area (Å²) in [5.41, 5.74) is 3.92. The van der Waals surface area contributed by atoms with Crippen LogP contribution in [0.4, 0.5) is 5.69 Å². The highest BCUT2D eigenvalue weighted by atomic mass is 35.5. The summed E-state index contributed by atoms with van der Waals surface area (Å²) in [5, 5.41) is 8.66. The molecule has 1 saturated heterocycles. The Labute approximate surface area is 199 Å². The summed E-state index contributed by atoms with van der Waals surface area (Å²) in [4.78, 5) is 14.4. The minimum absolute atomic E-state index is 0.0404. The summed E-state index contributed by atoms with van der Waals surface area (Å²) in [6.45, 7) is 5.74. The predicted octanol–water partition coefficient (Wildman–Crippen LogP) is 5.61. The lowest BCUT2D eigenvalue weighted by Crippen LogP contribution is -2.40. The molecule has 172 valence electrons. The van der Waals surface area contributed by atoms with Crippen LogP contribution in [0.15, 0.2) is 48.8 Å². The third-order valence-electron chi connectivity index (χ3n) is 6.73. The predicted molar refractivity (Wildman–Crippen MR) is 131 cm³/mol. The van der Waals surface area contributed by atoms with Crippen molar-refractivity contribution >= 4 is 23.2 Å². The first-order valence-electron chi connectivity index (χ1n) is 11.7. The number of nitrogens with one attached hydrogen (secondary N) is 1. The number of fused-ring (bicyclic) bond motifs is 1. The van der Waals surface area contributed by atoms with Crippen molar-refractivity contribution in [1.29, 1.82) is 0 Å². The van der Waals surface area contributed by atoms with Gasteiger partial charge in [-0.05, 0) is 70.0 Å². The van der Waals surface area contributed by atoms with Gasteiger partial charge in [0.1, 0.15) is 11.5 Å². The number of piperidine rings is 1. The van der Waals surface area contributed by atoms with Crippen LogP contribution in [0.5, 0.6) is 11.5 Å².